The summed E-state index contributed by atoms with van der Waals surface area (Å²) in [6.45, 7) is 10.1. The largest absolute Gasteiger partial charge is 0.392 e. The number of aliphatic hydroxyl groups excluding tert-OH is 1. The first kappa shape index (κ1) is 16.5. The molecule has 1 fully saturated rings. The summed E-state index contributed by atoms with van der Waals surface area (Å²) in [5, 5.41) is 9.45. The summed E-state index contributed by atoms with van der Waals surface area (Å²) in [6.07, 6.45) is 6.20. The van der Waals surface area contributed by atoms with Gasteiger partial charge in [-0.05, 0) is 52.7 Å². The molecule has 5 nitrogen and oxygen atoms in total. The van der Waals surface area contributed by atoms with Gasteiger partial charge in [0, 0.05) is 32.0 Å². The molecule has 0 bridgehead atoms. The second-order valence-electron chi connectivity index (χ2n) is 6.42. The van der Waals surface area contributed by atoms with Gasteiger partial charge in [-0.2, -0.15) is 0 Å². The van der Waals surface area contributed by atoms with Crippen molar-refractivity contribution in [3.8, 4) is 0 Å². The van der Waals surface area contributed by atoms with Gasteiger partial charge in [-0.15, -0.1) is 0 Å². The molecule has 1 N–H and O–H groups in total. The number of rotatable bonds is 7. The Labute approximate surface area is 128 Å². The predicted octanol–water partition coefficient (Wildman–Crippen LogP) is 1.43. The van der Waals surface area contributed by atoms with E-state index in [2.05, 4.69) is 39.5 Å². The average molecular weight is 294 g/mol. The summed E-state index contributed by atoms with van der Waals surface area (Å²) in [5.74, 6) is 1.93. The molecule has 1 saturated heterocycles. The Kier molecular flexibility index (Phi) is 6.21. The fourth-order valence-corrected chi connectivity index (χ4v) is 3.25. The lowest BCUT2D eigenvalue weighted by Gasteiger charge is -2.34. The van der Waals surface area contributed by atoms with E-state index in [4.69, 9.17) is 0 Å². The highest BCUT2D eigenvalue weighted by Crippen LogP contribution is 2.18. The highest BCUT2D eigenvalue weighted by Gasteiger charge is 2.21. The fourth-order valence-electron chi connectivity index (χ4n) is 3.25. The standard InChI is InChI=1S/C16H30N4O/c1-4-20-10-7-17-16(20)13-18(3)12-15-5-8-19(9-6-15)11-14(2)21/h7,10,14-15,21H,4-6,8-9,11-13H2,1-3H3. The summed E-state index contributed by atoms with van der Waals surface area (Å²) < 4.78 is 2.21. The number of aryl methyl sites for hydroxylation is 1. The molecule has 0 amide bonds. The molecule has 0 aromatic carbocycles. The van der Waals surface area contributed by atoms with E-state index in [1.165, 1.54) is 12.8 Å². The minimum Gasteiger partial charge on any atom is -0.392 e. The molecule has 5 heteroatoms. The van der Waals surface area contributed by atoms with Crippen molar-refractivity contribution in [1.82, 2.24) is 19.4 Å². The van der Waals surface area contributed by atoms with Crippen LogP contribution in [0, 0.1) is 5.92 Å². The molecule has 0 aliphatic carbocycles. The Bertz CT molecular complexity index is 410. The van der Waals surface area contributed by atoms with E-state index in [-0.39, 0.29) is 6.10 Å². The number of nitrogens with zero attached hydrogens (tertiary/aromatic N) is 4. The second-order valence-corrected chi connectivity index (χ2v) is 6.42. The van der Waals surface area contributed by atoms with Gasteiger partial charge in [0.25, 0.3) is 0 Å². The zero-order chi connectivity index (χ0) is 15.2. The molecule has 1 atom stereocenters. The van der Waals surface area contributed by atoms with Gasteiger partial charge in [-0.1, -0.05) is 0 Å². The Morgan fingerprint density at radius 1 is 1.43 bits per heavy atom. The van der Waals surface area contributed by atoms with E-state index in [1.54, 1.807) is 0 Å². The number of aliphatic hydroxyl groups is 1. The van der Waals surface area contributed by atoms with Crippen LogP contribution in [-0.2, 0) is 13.1 Å². The Morgan fingerprint density at radius 3 is 2.76 bits per heavy atom. The van der Waals surface area contributed by atoms with Gasteiger partial charge in [0.15, 0.2) is 0 Å². The highest BCUT2D eigenvalue weighted by molar-refractivity contribution is 4.92. The fraction of sp³-hybridized carbons (Fsp3) is 0.812. The van der Waals surface area contributed by atoms with Crippen molar-refractivity contribution in [2.24, 2.45) is 5.92 Å². The molecule has 0 saturated carbocycles. The normalized spacial score (nSPS) is 19.3. The molecule has 1 aliphatic heterocycles. The summed E-state index contributed by atoms with van der Waals surface area (Å²) in [4.78, 5) is 9.22. The van der Waals surface area contributed by atoms with Crippen LogP contribution < -0.4 is 0 Å². The maximum atomic E-state index is 9.45. The molecular weight excluding hydrogens is 264 g/mol. The van der Waals surface area contributed by atoms with Crippen LogP contribution in [0.15, 0.2) is 12.4 Å². The number of piperidine rings is 1. The van der Waals surface area contributed by atoms with Crippen molar-refractivity contribution >= 4 is 0 Å². The van der Waals surface area contributed by atoms with Crippen molar-refractivity contribution in [2.75, 3.05) is 33.2 Å². The lowest BCUT2D eigenvalue weighted by atomic mass is 9.96. The maximum Gasteiger partial charge on any atom is 0.122 e. The van der Waals surface area contributed by atoms with E-state index < -0.39 is 0 Å². The summed E-state index contributed by atoms with van der Waals surface area (Å²) in [5.41, 5.74) is 0. The molecule has 0 radical (unpaired) electrons. The summed E-state index contributed by atoms with van der Waals surface area (Å²) in [6, 6.07) is 0. The van der Waals surface area contributed by atoms with Gasteiger partial charge < -0.3 is 14.6 Å². The first-order valence-corrected chi connectivity index (χ1v) is 8.17. The SMILES string of the molecule is CCn1ccnc1CN(C)CC1CCN(CC(C)O)CC1. The molecule has 0 spiro atoms. The number of hydrogen-bond acceptors (Lipinski definition) is 4. The number of likely N-dealkylation sites (tertiary alicyclic amines) is 1. The molecule has 120 valence electrons. The number of hydrogen-bond donors (Lipinski definition) is 1. The average Bonchev–Trinajstić information content (AvgIpc) is 2.87. The van der Waals surface area contributed by atoms with Crippen molar-refractivity contribution in [1.29, 1.82) is 0 Å². The van der Waals surface area contributed by atoms with E-state index in [9.17, 15) is 5.11 Å². The van der Waals surface area contributed by atoms with Crippen LogP contribution in [0.2, 0.25) is 0 Å². The van der Waals surface area contributed by atoms with Crippen LogP contribution >= 0.6 is 0 Å². The van der Waals surface area contributed by atoms with Gasteiger partial charge >= 0.3 is 0 Å². The van der Waals surface area contributed by atoms with Crippen LogP contribution in [-0.4, -0.2) is 63.8 Å². The van der Waals surface area contributed by atoms with Crippen molar-refractivity contribution in [3.63, 3.8) is 0 Å². The number of aromatic nitrogens is 2. The molecule has 1 unspecified atom stereocenters. The summed E-state index contributed by atoms with van der Waals surface area (Å²) in [7, 11) is 2.19. The van der Waals surface area contributed by atoms with Crippen LogP contribution in [0.5, 0.6) is 0 Å². The monoisotopic (exact) mass is 294 g/mol. The Balaban J connectivity index is 1.73. The van der Waals surface area contributed by atoms with Crippen LogP contribution in [0.25, 0.3) is 0 Å². The first-order valence-electron chi connectivity index (χ1n) is 8.17. The topological polar surface area (TPSA) is 44.5 Å². The number of β-amino-alcohol motifs (C(OH)–C–C–N with tert-alkyl or cyclic N) is 1. The minimum absolute atomic E-state index is 0.211. The molecule has 1 aromatic heterocycles. The maximum absolute atomic E-state index is 9.45. The third-order valence-corrected chi connectivity index (χ3v) is 4.35. The molecule has 1 aromatic rings. The zero-order valence-corrected chi connectivity index (χ0v) is 13.7. The van der Waals surface area contributed by atoms with Gasteiger partial charge in [-0.25, -0.2) is 4.98 Å². The molecule has 1 aliphatic rings. The minimum atomic E-state index is -0.211. The second kappa shape index (κ2) is 7.92. The van der Waals surface area contributed by atoms with Crippen LogP contribution in [0.3, 0.4) is 0 Å². The van der Waals surface area contributed by atoms with E-state index in [1.807, 2.05) is 13.1 Å². The smallest absolute Gasteiger partial charge is 0.122 e. The third kappa shape index (κ3) is 5.09. The molecule has 2 rings (SSSR count). The van der Waals surface area contributed by atoms with Crippen molar-refractivity contribution in [2.45, 2.75) is 45.9 Å². The number of imidazole rings is 1. The molecule has 21 heavy (non-hydrogen) atoms. The molecule has 2 heterocycles. The Morgan fingerprint density at radius 2 is 2.14 bits per heavy atom. The lowest BCUT2D eigenvalue weighted by Crippen LogP contribution is -2.40. The van der Waals surface area contributed by atoms with Crippen molar-refractivity contribution < 1.29 is 5.11 Å². The molecular formula is C16H30N4O. The van der Waals surface area contributed by atoms with Crippen LogP contribution in [0.4, 0.5) is 0 Å². The predicted molar refractivity (Wildman–Crippen MR) is 85.1 cm³/mol. The first-order chi connectivity index (χ1) is 10.1. The zero-order valence-electron chi connectivity index (χ0n) is 13.7. The van der Waals surface area contributed by atoms with Crippen LogP contribution in [0.1, 0.15) is 32.5 Å². The Hall–Kier alpha value is -0.910. The van der Waals surface area contributed by atoms with E-state index in [0.717, 1.165) is 51.0 Å². The van der Waals surface area contributed by atoms with Gasteiger partial charge in [0.1, 0.15) is 5.82 Å². The highest BCUT2D eigenvalue weighted by atomic mass is 16.3. The van der Waals surface area contributed by atoms with Gasteiger partial charge in [0.2, 0.25) is 0 Å². The quantitative estimate of drug-likeness (QED) is 0.826. The van der Waals surface area contributed by atoms with Gasteiger partial charge in [-0.3, -0.25) is 4.90 Å². The van der Waals surface area contributed by atoms with E-state index in [0.29, 0.717) is 0 Å². The van der Waals surface area contributed by atoms with E-state index >= 15 is 0 Å². The third-order valence-electron chi connectivity index (χ3n) is 4.35. The van der Waals surface area contributed by atoms with Gasteiger partial charge in [0.05, 0.1) is 12.6 Å². The summed E-state index contributed by atoms with van der Waals surface area (Å²) >= 11 is 0. The lowest BCUT2D eigenvalue weighted by molar-refractivity contribution is 0.0916. The van der Waals surface area contributed by atoms with Crippen molar-refractivity contribution in [3.05, 3.63) is 18.2 Å².